The van der Waals surface area contributed by atoms with E-state index in [0.29, 0.717) is 12.3 Å². The van der Waals surface area contributed by atoms with Crippen LogP contribution in [0.4, 0.5) is 0 Å². The third kappa shape index (κ3) is 4.17. The molecule has 0 bridgehead atoms. The quantitative estimate of drug-likeness (QED) is 0.697. The van der Waals surface area contributed by atoms with Gasteiger partial charge in [0.1, 0.15) is 5.76 Å². The Kier molecular flexibility index (Phi) is 5.58. The van der Waals surface area contributed by atoms with E-state index in [0.717, 1.165) is 43.2 Å². The fraction of sp³-hybridized carbons (Fsp3) is 0.364. The van der Waals surface area contributed by atoms with Crippen molar-refractivity contribution >= 4 is 5.91 Å². The van der Waals surface area contributed by atoms with Gasteiger partial charge in [0.2, 0.25) is 0 Å². The lowest BCUT2D eigenvalue weighted by atomic mass is 9.97. The monoisotopic (exact) mass is 379 g/mol. The average molecular weight is 379 g/mol. The molecule has 0 spiro atoms. The third-order valence-corrected chi connectivity index (χ3v) is 5.39. The number of benzene rings is 1. The van der Waals surface area contributed by atoms with Crippen molar-refractivity contribution in [1.29, 1.82) is 0 Å². The minimum Gasteiger partial charge on any atom is -0.468 e. The van der Waals surface area contributed by atoms with Gasteiger partial charge in [-0.25, -0.2) is 0 Å². The maximum absolute atomic E-state index is 12.6. The molecule has 6 heteroatoms. The van der Waals surface area contributed by atoms with Crippen LogP contribution < -0.4 is 5.32 Å². The predicted octanol–water partition coefficient (Wildman–Crippen LogP) is 4.14. The van der Waals surface area contributed by atoms with Crippen molar-refractivity contribution in [3.8, 4) is 11.3 Å². The van der Waals surface area contributed by atoms with E-state index in [2.05, 4.69) is 22.3 Å². The van der Waals surface area contributed by atoms with Crippen LogP contribution >= 0.6 is 0 Å². The molecule has 1 fully saturated rings. The van der Waals surface area contributed by atoms with E-state index in [1.54, 1.807) is 12.3 Å². The average Bonchev–Trinajstić information content (AvgIpc) is 3.42. The van der Waals surface area contributed by atoms with E-state index in [-0.39, 0.29) is 17.6 Å². The lowest BCUT2D eigenvalue weighted by Gasteiger charge is -2.35. The Balaban J connectivity index is 1.42. The molecule has 28 heavy (non-hydrogen) atoms. The largest absolute Gasteiger partial charge is 0.468 e. The highest BCUT2D eigenvalue weighted by Gasteiger charge is 2.27. The number of likely N-dealkylation sites (tertiary alicyclic amines) is 1. The zero-order chi connectivity index (χ0) is 19.3. The van der Waals surface area contributed by atoms with Gasteiger partial charge in [-0.2, -0.15) is 0 Å². The van der Waals surface area contributed by atoms with Crippen LogP contribution in [0.25, 0.3) is 11.3 Å². The van der Waals surface area contributed by atoms with E-state index in [4.69, 9.17) is 8.94 Å². The number of carbonyl (C=O) groups excluding carboxylic acids is 1. The summed E-state index contributed by atoms with van der Waals surface area (Å²) >= 11 is 0. The number of furan rings is 1. The van der Waals surface area contributed by atoms with Gasteiger partial charge in [0, 0.05) is 18.2 Å². The molecule has 3 aromatic rings. The first-order valence-electron chi connectivity index (χ1n) is 9.78. The number of nitrogens with zero attached hydrogens (tertiary/aromatic N) is 2. The van der Waals surface area contributed by atoms with Gasteiger partial charge in [-0.05, 0) is 44.0 Å². The molecule has 0 radical (unpaired) electrons. The number of piperidine rings is 1. The van der Waals surface area contributed by atoms with E-state index < -0.39 is 0 Å². The first-order valence-corrected chi connectivity index (χ1v) is 9.78. The fourth-order valence-corrected chi connectivity index (χ4v) is 3.63. The topological polar surface area (TPSA) is 71.5 Å². The van der Waals surface area contributed by atoms with Crippen molar-refractivity contribution in [2.75, 3.05) is 19.6 Å². The molecule has 4 rings (SSSR count). The van der Waals surface area contributed by atoms with Crippen LogP contribution in [0.15, 0.2) is 63.7 Å². The molecule has 6 nitrogen and oxygen atoms in total. The summed E-state index contributed by atoms with van der Waals surface area (Å²) in [5.74, 6) is 1.96. The Morgan fingerprint density at radius 3 is 2.71 bits per heavy atom. The summed E-state index contributed by atoms with van der Waals surface area (Å²) in [5, 5.41) is 6.93. The summed E-state index contributed by atoms with van der Waals surface area (Å²) in [4.78, 5) is 15.0. The second-order valence-electron chi connectivity index (χ2n) is 7.40. The number of hydrogen-bond donors (Lipinski definition) is 1. The number of nitrogens with one attached hydrogen (secondary N) is 1. The molecule has 1 saturated heterocycles. The normalized spacial score (nSPS) is 16.8. The molecular weight excluding hydrogens is 354 g/mol. The number of amides is 1. The Morgan fingerprint density at radius 2 is 2.00 bits per heavy atom. The van der Waals surface area contributed by atoms with E-state index in [1.807, 2.05) is 42.5 Å². The second-order valence-corrected chi connectivity index (χ2v) is 7.40. The summed E-state index contributed by atoms with van der Waals surface area (Å²) in [6.07, 6.45) is 4.00. The van der Waals surface area contributed by atoms with Gasteiger partial charge in [0.15, 0.2) is 11.5 Å². The SMILES string of the molecule is CC1CCN(C(CNC(=O)c2cc(-c3ccccc3)on2)c2ccco2)CC1. The highest BCUT2D eigenvalue weighted by Crippen LogP contribution is 2.27. The van der Waals surface area contributed by atoms with Crippen LogP contribution in [0.5, 0.6) is 0 Å². The maximum Gasteiger partial charge on any atom is 0.273 e. The van der Waals surface area contributed by atoms with Crippen molar-refractivity contribution in [3.05, 3.63) is 66.2 Å². The number of carbonyl (C=O) groups is 1. The standard InChI is InChI=1S/C22H25N3O3/c1-16-9-11-25(12-10-16)19(20-8-5-13-27-20)15-23-22(26)18-14-21(28-24-18)17-6-3-2-4-7-17/h2-8,13-14,16,19H,9-12,15H2,1H3,(H,23,26). The van der Waals surface area contributed by atoms with Crippen molar-refractivity contribution < 1.29 is 13.7 Å². The molecule has 1 amide bonds. The Morgan fingerprint density at radius 1 is 1.21 bits per heavy atom. The molecule has 1 atom stereocenters. The van der Waals surface area contributed by atoms with Crippen molar-refractivity contribution in [2.24, 2.45) is 5.92 Å². The molecule has 1 aliphatic heterocycles. The lowest BCUT2D eigenvalue weighted by molar-refractivity contribution is 0.0887. The van der Waals surface area contributed by atoms with Crippen LogP contribution in [0.1, 0.15) is 42.1 Å². The molecule has 3 heterocycles. The van der Waals surface area contributed by atoms with Gasteiger partial charge in [-0.1, -0.05) is 42.4 Å². The number of hydrogen-bond acceptors (Lipinski definition) is 5. The summed E-state index contributed by atoms with van der Waals surface area (Å²) in [6, 6.07) is 15.2. The molecule has 1 aliphatic rings. The van der Waals surface area contributed by atoms with Crippen molar-refractivity contribution in [2.45, 2.75) is 25.8 Å². The summed E-state index contributed by atoms with van der Waals surface area (Å²) in [7, 11) is 0. The van der Waals surface area contributed by atoms with Gasteiger partial charge in [0.05, 0.1) is 12.3 Å². The maximum atomic E-state index is 12.6. The minimum atomic E-state index is -0.243. The van der Waals surface area contributed by atoms with Gasteiger partial charge in [-0.15, -0.1) is 0 Å². The highest BCUT2D eigenvalue weighted by atomic mass is 16.5. The number of rotatable bonds is 6. The van der Waals surface area contributed by atoms with E-state index in [9.17, 15) is 4.79 Å². The van der Waals surface area contributed by atoms with Crippen LogP contribution in [0.3, 0.4) is 0 Å². The Bertz CT molecular complexity index is 881. The molecule has 0 saturated carbocycles. The first kappa shape index (κ1) is 18.5. The summed E-state index contributed by atoms with van der Waals surface area (Å²) < 4.78 is 11.0. The Labute approximate surface area is 164 Å². The molecule has 2 aromatic heterocycles. The second kappa shape index (κ2) is 8.44. The Hall–Kier alpha value is -2.86. The van der Waals surface area contributed by atoms with Crippen LogP contribution in [-0.4, -0.2) is 35.6 Å². The van der Waals surface area contributed by atoms with Gasteiger partial charge in [-0.3, -0.25) is 9.69 Å². The zero-order valence-corrected chi connectivity index (χ0v) is 16.0. The molecule has 1 aromatic carbocycles. The number of aromatic nitrogens is 1. The predicted molar refractivity (Wildman–Crippen MR) is 106 cm³/mol. The van der Waals surface area contributed by atoms with E-state index >= 15 is 0 Å². The van der Waals surface area contributed by atoms with Gasteiger partial charge < -0.3 is 14.3 Å². The van der Waals surface area contributed by atoms with Crippen LogP contribution in [0, 0.1) is 5.92 Å². The minimum absolute atomic E-state index is 0.0203. The van der Waals surface area contributed by atoms with Crippen LogP contribution in [-0.2, 0) is 0 Å². The molecule has 146 valence electrons. The van der Waals surface area contributed by atoms with Crippen molar-refractivity contribution in [3.63, 3.8) is 0 Å². The zero-order valence-electron chi connectivity index (χ0n) is 16.0. The van der Waals surface area contributed by atoms with Crippen molar-refractivity contribution in [1.82, 2.24) is 15.4 Å². The summed E-state index contributed by atoms with van der Waals surface area (Å²) in [6.45, 7) is 4.76. The fourth-order valence-electron chi connectivity index (χ4n) is 3.63. The lowest BCUT2D eigenvalue weighted by Crippen LogP contribution is -2.41. The summed E-state index contributed by atoms with van der Waals surface area (Å²) in [5.41, 5.74) is 1.18. The van der Waals surface area contributed by atoms with Crippen LogP contribution in [0.2, 0.25) is 0 Å². The molecular formula is C22H25N3O3. The molecule has 1 N–H and O–H groups in total. The first-order chi connectivity index (χ1) is 13.7. The van der Waals surface area contributed by atoms with Gasteiger partial charge in [0.25, 0.3) is 5.91 Å². The van der Waals surface area contributed by atoms with Gasteiger partial charge >= 0.3 is 0 Å². The smallest absolute Gasteiger partial charge is 0.273 e. The molecule has 1 unspecified atom stereocenters. The highest BCUT2D eigenvalue weighted by molar-refractivity contribution is 5.93. The third-order valence-electron chi connectivity index (χ3n) is 5.39. The molecule has 0 aliphatic carbocycles. The van der Waals surface area contributed by atoms with E-state index in [1.165, 1.54) is 0 Å².